The van der Waals surface area contributed by atoms with Crippen molar-refractivity contribution in [1.82, 2.24) is 14.7 Å². The predicted molar refractivity (Wildman–Crippen MR) is 70.5 cm³/mol. The van der Waals surface area contributed by atoms with E-state index in [0.29, 0.717) is 18.2 Å². The van der Waals surface area contributed by atoms with Gasteiger partial charge in [0.25, 0.3) is 0 Å². The summed E-state index contributed by atoms with van der Waals surface area (Å²) in [5.74, 6) is 0. The van der Waals surface area contributed by atoms with E-state index in [1.807, 2.05) is 6.20 Å². The molecule has 0 bridgehead atoms. The van der Waals surface area contributed by atoms with Gasteiger partial charge in [-0.25, -0.2) is 0 Å². The smallest absolute Gasteiger partial charge is 0.0986 e. The van der Waals surface area contributed by atoms with Crippen LogP contribution in [0.4, 0.5) is 0 Å². The minimum Gasteiger partial charge on any atom is -0.368 e. The van der Waals surface area contributed by atoms with Crippen molar-refractivity contribution < 1.29 is 4.74 Å². The Bertz CT molecular complexity index is 411. The van der Waals surface area contributed by atoms with Gasteiger partial charge in [0.1, 0.15) is 0 Å². The van der Waals surface area contributed by atoms with Gasteiger partial charge in [-0.15, -0.1) is 0 Å². The molecule has 2 aliphatic rings. The van der Waals surface area contributed by atoms with Crippen LogP contribution in [0.2, 0.25) is 0 Å². The van der Waals surface area contributed by atoms with Gasteiger partial charge in [0.2, 0.25) is 0 Å². The maximum Gasteiger partial charge on any atom is 0.0986 e. The molecule has 18 heavy (non-hydrogen) atoms. The van der Waals surface area contributed by atoms with Gasteiger partial charge in [-0.3, -0.25) is 9.58 Å². The normalized spacial score (nSPS) is 30.0. The maximum atomic E-state index is 6.07. The van der Waals surface area contributed by atoms with Crippen LogP contribution in [0.15, 0.2) is 12.4 Å². The molecule has 0 aromatic carbocycles. The number of aromatic nitrogens is 2. The summed E-state index contributed by atoms with van der Waals surface area (Å²) in [6.07, 6.45) is 7.21. The number of rotatable bonds is 3. The van der Waals surface area contributed by atoms with Gasteiger partial charge in [0.15, 0.2) is 0 Å². The van der Waals surface area contributed by atoms with Crippen molar-refractivity contribution in [2.45, 2.75) is 57.9 Å². The highest BCUT2D eigenvalue weighted by molar-refractivity contribution is 5.11. The van der Waals surface area contributed by atoms with Crippen LogP contribution in [0.1, 0.15) is 51.3 Å². The topological polar surface area (TPSA) is 30.3 Å². The lowest BCUT2D eigenvalue weighted by Crippen LogP contribution is -2.45. The highest BCUT2D eigenvalue weighted by Gasteiger charge is 2.30. The summed E-state index contributed by atoms with van der Waals surface area (Å²) in [4.78, 5) is 2.49. The number of hydrogen-bond donors (Lipinski definition) is 0. The molecule has 1 saturated carbocycles. The minimum absolute atomic E-state index is 0.184. The second kappa shape index (κ2) is 4.67. The van der Waals surface area contributed by atoms with Gasteiger partial charge in [0.05, 0.1) is 24.4 Å². The third-order valence-electron chi connectivity index (χ3n) is 3.93. The summed E-state index contributed by atoms with van der Waals surface area (Å²) in [5.41, 5.74) is 1.24. The standard InChI is InChI=1S/C14H23N3O/c1-10(2)16-7-11(3)18-14(9-16)12-6-15-17(8-12)13-4-5-13/h6,8,10-11,13-14H,4-5,7,9H2,1-3H3/t11-,14-/m1/s1. The van der Waals surface area contributed by atoms with Crippen molar-refractivity contribution in [1.29, 1.82) is 0 Å². The third kappa shape index (κ3) is 2.45. The first-order valence-corrected chi connectivity index (χ1v) is 7.07. The van der Waals surface area contributed by atoms with Crippen LogP contribution in [0.5, 0.6) is 0 Å². The van der Waals surface area contributed by atoms with E-state index in [1.54, 1.807) is 0 Å². The SMILES string of the molecule is CC(C)N1C[C@@H](C)O[C@@H](c2cnn(C3CC3)c2)C1. The maximum absolute atomic E-state index is 6.07. The summed E-state index contributed by atoms with van der Waals surface area (Å²) >= 11 is 0. The minimum atomic E-state index is 0.184. The molecule has 3 rings (SSSR count). The van der Waals surface area contributed by atoms with Gasteiger partial charge in [0, 0.05) is 30.9 Å². The molecule has 1 saturated heterocycles. The van der Waals surface area contributed by atoms with Gasteiger partial charge in [-0.1, -0.05) is 0 Å². The summed E-state index contributed by atoms with van der Waals surface area (Å²) in [6.45, 7) is 8.68. The Morgan fingerprint density at radius 2 is 2.11 bits per heavy atom. The van der Waals surface area contributed by atoms with Crippen LogP contribution in [0.25, 0.3) is 0 Å². The van der Waals surface area contributed by atoms with E-state index in [2.05, 4.69) is 41.6 Å². The average molecular weight is 249 g/mol. The Hall–Kier alpha value is -0.870. The number of ether oxygens (including phenoxy) is 1. The van der Waals surface area contributed by atoms with Crippen LogP contribution in [-0.2, 0) is 4.74 Å². The molecular weight excluding hydrogens is 226 g/mol. The molecule has 1 aliphatic carbocycles. The fraction of sp³-hybridized carbons (Fsp3) is 0.786. The second-order valence-electron chi connectivity index (χ2n) is 5.97. The second-order valence-corrected chi connectivity index (χ2v) is 5.97. The average Bonchev–Trinajstić information content (AvgIpc) is 3.06. The molecule has 1 aliphatic heterocycles. The molecule has 1 aromatic rings. The van der Waals surface area contributed by atoms with E-state index in [-0.39, 0.29) is 6.10 Å². The quantitative estimate of drug-likeness (QED) is 0.824. The summed E-state index contributed by atoms with van der Waals surface area (Å²) in [5, 5.41) is 4.47. The predicted octanol–water partition coefficient (Wildman–Crippen LogP) is 2.39. The molecule has 2 heterocycles. The molecule has 100 valence electrons. The van der Waals surface area contributed by atoms with E-state index in [1.165, 1.54) is 18.4 Å². The van der Waals surface area contributed by atoms with Crippen molar-refractivity contribution in [3.05, 3.63) is 18.0 Å². The lowest BCUT2D eigenvalue weighted by molar-refractivity contribution is -0.0871. The first kappa shape index (κ1) is 12.2. The largest absolute Gasteiger partial charge is 0.368 e. The van der Waals surface area contributed by atoms with Crippen LogP contribution in [0.3, 0.4) is 0 Å². The number of hydrogen-bond acceptors (Lipinski definition) is 3. The molecule has 2 atom stereocenters. The molecule has 1 aromatic heterocycles. The molecule has 4 nitrogen and oxygen atoms in total. The van der Waals surface area contributed by atoms with Gasteiger partial charge in [-0.05, 0) is 33.6 Å². The van der Waals surface area contributed by atoms with Gasteiger partial charge < -0.3 is 4.74 Å². The first-order chi connectivity index (χ1) is 8.63. The lowest BCUT2D eigenvalue weighted by atomic mass is 10.1. The van der Waals surface area contributed by atoms with Crippen LogP contribution in [-0.4, -0.2) is 39.9 Å². The van der Waals surface area contributed by atoms with E-state index in [9.17, 15) is 0 Å². The zero-order valence-electron chi connectivity index (χ0n) is 11.5. The molecule has 0 unspecified atom stereocenters. The monoisotopic (exact) mass is 249 g/mol. The first-order valence-electron chi connectivity index (χ1n) is 7.07. The van der Waals surface area contributed by atoms with E-state index >= 15 is 0 Å². The fourth-order valence-electron chi connectivity index (χ4n) is 2.65. The summed E-state index contributed by atoms with van der Waals surface area (Å²) < 4.78 is 8.18. The lowest BCUT2D eigenvalue weighted by Gasteiger charge is -2.38. The molecular formula is C14H23N3O. The Morgan fingerprint density at radius 3 is 2.78 bits per heavy atom. The zero-order chi connectivity index (χ0) is 12.7. The Kier molecular flexibility index (Phi) is 3.16. The molecule has 0 spiro atoms. The van der Waals surface area contributed by atoms with Crippen LogP contribution >= 0.6 is 0 Å². The van der Waals surface area contributed by atoms with Gasteiger partial charge >= 0.3 is 0 Å². The summed E-state index contributed by atoms with van der Waals surface area (Å²) in [6, 6.07) is 1.23. The molecule has 0 amide bonds. The van der Waals surface area contributed by atoms with Crippen molar-refractivity contribution in [3.63, 3.8) is 0 Å². The van der Waals surface area contributed by atoms with Crippen molar-refractivity contribution in [3.8, 4) is 0 Å². The Balaban J connectivity index is 1.73. The molecule has 0 radical (unpaired) electrons. The zero-order valence-corrected chi connectivity index (χ0v) is 11.5. The Morgan fingerprint density at radius 1 is 1.33 bits per heavy atom. The van der Waals surface area contributed by atoms with E-state index in [4.69, 9.17) is 4.74 Å². The van der Waals surface area contributed by atoms with Crippen molar-refractivity contribution in [2.75, 3.05) is 13.1 Å². The van der Waals surface area contributed by atoms with Crippen molar-refractivity contribution in [2.24, 2.45) is 0 Å². The highest BCUT2D eigenvalue weighted by atomic mass is 16.5. The molecule has 4 heteroatoms. The number of morpholine rings is 1. The van der Waals surface area contributed by atoms with Crippen LogP contribution in [0, 0.1) is 0 Å². The molecule has 2 fully saturated rings. The number of nitrogens with zero attached hydrogens (tertiary/aromatic N) is 3. The van der Waals surface area contributed by atoms with E-state index in [0.717, 1.165) is 13.1 Å². The van der Waals surface area contributed by atoms with Crippen LogP contribution < -0.4 is 0 Å². The molecule has 0 N–H and O–H groups in total. The highest BCUT2D eigenvalue weighted by Crippen LogP contribution is 2.35. The van der Waals surface area contributed by atoms with Gasteiger partial charge in [-0.2, -0.15) is 5.10 Å². The fourth-order valence-corrected chi connectivity index (χ4v) is 2.65. The van der Waals surface area contributed by atoms with Crippen molar-refractivity contribution >= 4 is 0 Å². The van der Waals surface area contributed by atoms with E-state index < -0.39 is 0 Å². The summed E-state index contributed by atoms with van der Waals surface area (Å²) in [7, 11) is 0. The third-order valence-corrected chi connectivity index (χ3v) is 3.93. The Labute approximate surface area is 109 Å².